The number of carbonyl (C=O) groups is 1. The molecule has 2 unspecified atom stereocenters. The fraction of sp³-hybridized carbons (Fsp3) is 0.529. The predicted molar refractivity (Wildman–Crippen MR) is 94.9 cm³/mol. The van der Waals surface area contributed by atoms with Gasteiger partial charge in [-0.3, -0.25) is 4.79 Å². The van der Waals surface area contributed by atoms with Gasteiger partial charge in [0.25, 0.3) is 0 Å². The number of amides is 1. The molecule has 2 aliphatic rings. The van der Waals surface area contributed by atoms with Gasteiger partial charge in [-0.15, -0.1) is 11.3 Å². The maximum absolute atomic E-state index is 12.6. The van der Waals surface area contributed by atoms with Crippen molar-refractivity contribution in [3.63, 3.8) is 0 Å². The van der Waals surface area contributed by atoms with Crippen LogP contribution in [0, 0.1) is 28.6 Å². The van der Waals surface area contributed by atoms with E-state index < -0.39 is 0 Å². The molecule has 2 aliphatic carbocycles. The first-order chi connectivity index (χ1) is 10.9. The Hall–Kier alpha value is -1.02. The van der Waals surface area contributed by atoms with Crippen molar-refractivity contribution < 1.29 is 4.79 Å². The monoisotopic (exact) mass is 368 g/mol. The standard InChI is InChI=1S/C17H18Cl2N2OS/c1-17(2)11(7-13(18)19)14(17)15(22)21-16-10(8-20)9-5-3-4-6-12(9)23-16/h7,11,14H,3-6H2,1-2H3,(H,21,22). The molecule has 122 valence electrons. The molecule has 0 aromatic carbocycles. The first-order valence-electron chi connectivity index (χ1n) is 7.74. The van der Waals surface area contributed by atoms with Crippen LogP contribution in [0.1, 0.15) is 42.7 Å². The van der Waals surface area contributed by atoms with Crippen LogP contribution in [0.3, 0.4) is 0 Å². The molecule has 1 fully saturated rings. The van der Waals surface area contributed by atoms with Gasteiger partial charge in [0.05, 0.1) is 11.5 Å². The number of hydrogen-bond donors (Lipinski definition) is 1. The van der Waals surface area contributed by atoms with Gasteiger partial charge >= 0.3 is 0 Å². The van der Waals surface area contributed by atoms with Crippen molar-refractivity contribution in [2.75, 3.05) is 5.32 Å². The van der Waals surface area contributed by atoms with E-state index >= 15 is 0 Å². The van der Waals surface area contributed by atoms with Gasteiger partial charge in [0.1, 0.15) is 15.6 Å². The van der Waals surface area contributed by atoms with E-state index in [1.165, 1.54) is 4.88 Å². The molecule has 1 aromatic heterocycles. The second kappa shape index (κ2) is 6.12. The minimum Gasteiger partial charge on any atom is -0.316 e. The van der Waals surface area contributed by atoms with Gasteiger partial charge in [-0.1, -0.05) is 37.0 Å². The molecule has 0 radical (unpaired) electrons. The Morgan fingerprint density at radius 1 is 1.39 bits per heavy atom. The molecule has 2 atom stereocenters. The highest BCUT2D eigenvalue weighted by Gasteiger charge is 2.60. The van der Waals surface area contributed by atoms with E-state index in [0.29, 0.717) is 10.6 Å². The zero-order valence-corrected chi connectivity index (χ0v) is 15.4. The lowest BCUT2D eigenvalue weighted by Crippen LogP contribution is -2.16. The first kappa shape index (κ1) is 16.8. The van der Waals surface area contributed by atoms with Crippen molar-refractivity contribution >= 4 is 45.4 Å². The Morgan fingerprint density at radius 3 is 2.74 bits per heavy atom. The lowest BCUT2D eigenvalue weighted by atomic mass is 9.96. The quantitative estimate of drug-likeness (QED) is 0.813. The number of nitrogens with zero attached hydrogens (tertiary/aromatic N) is 1. The lowest BCUT2D eigenvalue weighted by molar-refractivity contribution is -0.118. The third kappa shape index (κ3) is 3.03. The van der Waals surface area contributed by atoms with Crippen LogP contribution < -0.4 is 5.32 Å². The minimum atomic E-state index is -0.166. The van der Waals surface area contributed by atoms with E-state index in [0.717, 1.165) is 31.2 Å². The maximum atomic E-state index is 12.6. The van der Waals surface area contributed by atoms with E-state index in [1.807, 2.05) is 13.8 Å². The van der Waals surface area contributed by atoms with E-state index in [-0.39, 0.29) is 27.6 Å². The smallest absolute Gasteiger partial charge is 0.229 e. The molecule has 1 saturated carbocycles. The largest absolute Gasteiger partial charge is 0.316 e. The van der Waals surface area contributed by atoms with Crippen molar-refractivity contribution in [1.82, 2.24) is 0 Å². The Bertz CT molecular complexity index is 726. The number of hydrogen-bond acceptors (Lipinski definition) is 3. The zero-order valence-electron chi connectivity index (χ0n) is 13.1. The number of carbonyl (C=O) groups excluding carboxylic acids is 1. The van der Waals surface area contributed by atoms with Crippen molar-refractivity contribution in [2.45, 2.75) is 39.5 Å². The molecule has 1 amide bonds. The van der Waals surface area contributed by atoms with Crippen molar-refractivity contribution in [3.8, 4) is 6.07 Å². The number of halogens is 2. The lowest BCUT2D eigenvalue weighted by Gasteiger charge is -2.09. The molecule has 1 N–H and O–H groups in total. The van der Waals surface area contributed by atoms with Crippen LogP contribution in [-0.2, 0) is 17.6 Å². The Labute approximate surface area is 150 Å². The molecule has 0 bridgehead atoms. The van der Waals surface area contributed by atoms with E-state index in [4.69, 9.17) is 23.2 Å². The van der Waals surface area contributed by atoms with Gasteiger partial charge in [-0.05, 0) is 48.7 Å². The molecule has 0 saturated heterocycles. The van der Waals surface area contributed by atoms with Crippen LogP contribution in [0.5, 0.6) is 0 Å². The Balaban J connectivity index is 1.81. The molecule has 23 heavy (non-hydrogen) atoms. The fourth-order valence-electron chi connectivity index (χ4n) is 3.59. The van der Waals surface area contributed by atoms with Gasteiger partial charge in [-0.2, -0.15) is 5.26 Å². The maximum Gasteiger partial charge on any atom is 0.229 e. The van der Waals surface area contributed by atoms with Crippen molar-refractivity contribution in [1.29, 1.82) is 5.26 Å². The molecular formula is C17H18Cl2N2OS. The average Bonchev–Trinajstić information content (AvgIpc) is 2.86. The first-order valence-corrected chi connectivity index (χ1v) is 9.31. The summed E-state index contributed by atoms with van der Waals surface area (Å²) >= 11 is 13.0. The third-order valence-electron chi connectivity index (χ3n) is 5.02. The van der Waals surface area contributed by atoms with Crippen LogP contribution in [0.4, 0.5) is 5.00 Å². The number of aryl methyl sites for hydroxylation is 1. The Kier molecular flexibility index (Phi) is 4.48. The number of anilines is 1. The van der Waals surface area contributed by atoms with Crippen LogP contribution in [0.2, 0.25) is 0 Å². The highest BCUT2D eigenvalue weighted by Crippen LogP contribution is 2.60. The minimum absolute atomic E-state index is 0.0348. The van der Waals surface area contributed by atoms with Crippen LogP contribution in [0.15, 0.2) is 10.6 Å². The summed E-state index contributed by atoms with van der Waals surface area (Å²) in [4.78, 5) is 13.9. The van der Waals surface area contributed by atoms with E-state index in [1.54, 1.807) is 17.4 Å². The van der Waals surface area contributed by atoms with Crippen LogP contribution in [-0.4, -0.2) is 5.91 Å². The van der Waals surface area contributed by atoms with Gasteiger partial charge < -0.3 is 5.32 Å². The molecule has 3 nitrogen and oxygen atoms in total. The highest BCUT2D eigenvalue weighted by molar-refractivity contribution is 7.16. The van der Waals surface area contributed by atoms with E-state index in [9.17, 15) is 10.1 Å². The van der Waals surface area contributed by atoms with Crippen LogP contribution in [0.25, 0.3) is 0 Å². The number of thiophene rings is 1. The summed E-state index contributed by atoms with van der Waals surface area (Å²) in [7, 11) is 0. The molecule has 0 aliphatic heterocycles. The highest BCUT2D eigenvalue weighted by atomic mass is 35.5. The number of rotatable bonds is 3. The Morgan fingerprint density at radius 2 is 2.09 bits per heavy atom. The third-order valence-corrected chi connectivity index (χ3v) is 6.48. The molecule has 1 aromatic rings. The summed E-state index contributed by atoms with van der Waals surface area (Å²) in [5.41, 5.74) is 1.62. The summed E-state index contributed by atoms with van der Waals surface area (Å²) in [6.45, 7) is 4.06. The predicted octanol–water partition coefficient (Wildman–Crippen LogP) is 5.03. The fourth-order valence-corrected chi connectivity index (χ4v) is 5.10. The number of nitriles is 1. The molecule has 0 spiro atoms. The van der Waals surface area contributed by atoms with Crippen LogP contribution >= 0.6 is 34.5 Å². The summed E-state index contributed by atoms with van der Waals surface area (Å²) in [6.07, 6.45) is 5.95. The number of fused-ring (bicyclic) bond motifs is 1. The molecule has 6 heteroatoms. The van der Waals surface area contributed by atoms with Gasteiger partial charge in [-0.25, -0.2) is 0 Å². The average molecular weight is 369 g/mol. The molecule has 1 heterocycles. The number of allylic oxidation sites excluding steroid dienone is 1. The summed E-state index contributed by atoms with van der Waals surface area (Å²) in [6, 6.07) is 2.27. The second-order valence-electron chi connectivity index (χ2n) is 6.80. The van der Waals surface area contributed by atoms with Gasteiger partial charge in [0.2, 0.25) is 5.91 Å². The van der Waals surface area contributed by atoms with Crippen molar-refractivity contribution in [2.24, 2.45) is 17.3 Å². The second-order valence-corrected chi connectivity index (χ2v) is 8.91. The number of nitrogens with one attached hydrogen (secondary N) is 1. The molecular weight excluding hydrogens is 351 g/mol. The van der Waals surface area contributed by atoms with E-state index in [2.05, 4.69) is 11.4 Å². The zero-order chi connectivity index (χ0) is 16.8. The van der Waals surface area contributed by atoms with Gasteiger partial charge in [0.15, 0.2) is 0 Å². The normalized spacial score (nSPS) is 24.3. The summed E-state index contributed by atoms with van der Waals surface area (Å²) in [5.74, 6) is -0.186. The topological polar surface area (TPSA) is 52.9 Å². The SMILES string of the molecule is CC1(C)C(C=C(Cl)Cl)C1C(=O)Nc1sc2c(c1C#N)CCCC2. The van der Waals surface area contributed by atoms with Gasteiger partial charge in [0, 0.05) is 4.88 Å². The van der Waals surface area contributed by atoms with Crippen molar-refractivity contribution in [3.05, 3.63) is 26.6 Å². The summed E-state index contributed by atoms with van der Waals surface area (Å²) < 4.78 is 0.197. The summed E-state index contributed by atoms with van der Waals surface area (Å²) in [5, 5.41) is 13.1. The molecule has 3 rings (SSSR count).